The molecule has 0 saturated heterocycles. The third kappa shape index (κ3) is 3.43. The molecular weight excluding hydrogens is 134 g/mol. The maximum atomic E-state index is 5.91. The van der Waals surface area contributed by atoms with Crippen LogP contribution in [0.4, 0.5) is 0 Å². The molecule has 0 bridgehead atoms. The highest BCUT2D eigenvalue weighted by Crippen LogP contribution is 2.33. The number of terminal acetylenes is 1. The normalized spacial score (nSPS) is 19.3. The van der Waals surface area contributed by atoms with Crippen LogP contribution in [0.1, 0.15) is 38.5 Å². The lowest BCUT2D eigenvalue weighted by Gasteiger charge is -2.07. The minimum atomic E-state index is 0.466. The number of hydrogen-bond donors (Lipinski definition) is 1. The first-order valence-electron chi connectivity index (χ1n) is 4.53. The SMILES string of the molecule is C#CCCCCC(N)C1CC1. The molecule has 1 rings (SSSR count). The average Bonchev–Trinajstić information content (AvgIpc) is 2.79. The van der Waals surface area contributed by atoms with Gasteiger partial charge in [-0.05, 0) is 31.6 Å². The van der Waals surface area contributed by atoms with E-state index in [9.17, 15) is 0 Å². The van der Waals surface area contributed by atoms with Gasteiger partial charge in [-0.2, -0.15) is 0 Å². The van der Waals surface area contributed by atoms with E-state index in [2.05, 4.69) is 5.92 Å². The number of hydrogen-bond acceptors (Lipinski definition) is 1. The Bertz CT molecular complexity index is 141. The maximum Gasteiger partial charge on any atom is 0.00860 e. The molecule has 1 nitrogen and oxygen atoms in total. The predicted molar refractivity (Wildman–Crippen MR) is 48.0 cm³/mol. The number of unbranched alkanes of at least 4 members (excludes halogenated alkanes) is 2. The summed E-state index contributed by atoms with van der Waals surface area (Å²) in [6, 6.07) is 0.466. The Kier molecular flexibility index (Phi) is 3.45. The first-order valence-corrected chi connectivity index (χ1v) is 4.53. The van der Waals surface area contributed by atoms with Crippen LogP contribution in [0, 0.1) is 18.3 Å². The minimum Gasteiger partial charge on any atom is -0.327 e. The maximum absolute atomic E-state index is 5.91. The van der Waals surface area contributed by atoms with Crippen molar-refractivity contribution in [1.82, 2.24) is 0 Å². The Balaban J connectivity index is 1.90. The molecule has 1 fully saturated rings. The van der Waals surface area contributed by atoms with Gasteiger partial charge in [0.15, 0.2) is 0 Å². The zero-order chi connectivity index (χ0) is 8.10. The van der Waals surface area contributed by atoms with Crippen molar-refractivity contribution < 1.29 is 0 Å². The van der Waals surface area contributed by atoms with Gasteiger partial charge in [-0.1, -0.05) is 6.42 Å². The van der Waals surface area contributed by atoms with Crippen LogP contribution in [0.2, 0.25) is 0 Å². The second-order valence-electron chi connectivity index (χ2n) is 3.45. The monoisotopic (exact) mass is 151 g/mol. The van der Waals surface area contributed by atoms with Crippen LogP contribution >= 0.6 is 0 Å². The van der Waals surface area contributed by atoms with Crippen molar-refractivity contribution in [1.29, 1.82) is 0 Å². The molecule has 1 aliphatic rings. The molecule has 1 aliphatic carbocycles. The molecule has 11 heavy (non-hydrogen) atoms. The van der Waals surface area contributed by atoms with Gasteiger partial charge < -0.3 is 5.73 Å². The molecule has 0 heterocycles. The second kappa shape index (κ2) is 4.41. The van der Waals surface area contributed by atoms with Crippen molar-refractivity contribution in [3.8, 4) is 12.3 Å². The van der Waals surface area contributed by atoms with E-state index in [1.54, 1.807) is 0 Å². The molecule has 0 aromatic heterocycles. The van der Waals surface area contributed by atoms with Crippen molar-refractivity contribution in [3.63, 3.8) is 0 Å². The highest BCUT2D eigenvalue weighted by molar-refractivity contribution is 4.85. The van der Waals surface area contributed by atoms with E-state index in [4.69, 9.17) is 12.2 Å². The van der Waals surface area contributed by atoms with E-state index in [1.807, 2.05) is 0 Å². The summed E-state index contributed by atoms with van der Waals surface area (Å²) in [5.41, 5.74) is 5.91. The third-order valence-electron chi connectivity index (χ3n) is 2.34. The topological polar surface area (TPSA) is 26.0 Å². The predicted octanol–water partition coefficient (Wildman–Crippen LogP) is 1.92. The van der Waals surface area contributed by atoms with E-state index >= 15 is 0 Å². The van der Waals surface area contributed by atoms with Gasteiger partial charge >= 0.3 is 0 Å². The fraction of sp³-hybridized carbons (Fsp3) is 0.800. The van der Waals surface area contributed by atoms with E-state index in [-0.39, 0.29) is 0 Å². The van der Waals surface area contributed by atoms with Crippen LogP contribution in [-0.4, -0.2) is 6.04 Å². The fourth-order valence-corrected chi connectivity index (χ4v) is 1.37. The van der Waals surface area contributed by atoms with Gasteiger partial charge in [-0.15, -0.1) is 12.3 Å². The molecular formula is C10H17N. The molecule has 0 aliphatic heterocycles. The zero-order valence-corrected chi connectivity index (χ0v) is 7.05. The number of nitrogens with two attached hydrogens (primary N) is 1. The summed E-state index contributed by atoms with van der Waals surface area (Å²) in [5.74, 6) is 3.49. The van der Waals surface area contributed by atoms with Crippen LogP contribution < -0.4 is 5.73 Å². The highest BCUT2D eigenvalue weighted by atomic mass is 14.7. The summed E-state index contributed by atoms with van der Waals surface area (Å²) in [5, 5.41) is 0. The van der Waals surface area contributed by atoms with Gasteiger partial charge in [0, 0.05) is 12.5 Å². The van der Waals surface area contributed by atoms with Crippen molar-refractivity contribution in [3.05, 3.63) is 0 Å². The summed E-state index contributed by atoms with van der Waals surface area (Å²) in [7, 11) is 0. The standard InChI is InChI=1S/C10H17N/c1-2-3-4-5-6-10(11)9-7-8-9/h1,9-10H,3-8,11H2. The Morgan fingerprint density at radius 2 is 2.18 bits per heavy atom. The smallest absolute Gasteiger partial charge is 0.00860 e. The summed E-state index contributed by atoms with van der Waals surface area (Å²) >= 11 is 0. The lowest BCUT2D eigenvalue weighted by molar-refractivity contribution is 0.519. The lowest BCUT2D eigenvalue weighted by atomic mass is 10.1. The fourth-order valence-electron chi connectivity index (χ4n) is 1.37. The van der Waals surface area contributed by atoms with Crippen molar-refractivity contribution in [2.75, 3.05) is 0 Å². The number of rotatable bonds is 5. The lowest BCUT2D eigenvalue weighted by Crippen LogP contribution is -2.21. The van der Waals surface area contributed by atoms with Crippen molar-refractivity contribution >= 4 is 0 Å². The van der Waals surface area contributed by atoms with Crippen LogP contribution in [-0.2, 0) is 0 Å². The molecule has 1 saturated carbocycles. The first-order chi connectivity index (χ1) is 5.34. The molecule has 0 aromatic rings. The molecule has 0 radical (unpaired) electrons. The minimum absolute atomic E-state index is 0.466. The molecule has 0 aromatic carbocycles. The highest BCUT2D eigenvalue weighted by Gasteiger charge is 2.27. The van der Waals surface area contributed by atoms with Crippen LogP contribution in [0.25, 0.3) is 0 Å². The van der Waals surface area contributed by atoms with Gasteiger partial charge in [0.05, 0.1) is 0 Å². The second-order valence-corrected chi connectivity index (χ2v) is 3.45. The molecule has 0 amide bonds. The van der Waals surface area contributed by atoms with E-state index < -0.39 is 0 Å². The van der Waals surface area contributed by atoms with Crippen molar-refractivity contribution in [2.45, 2.75) is 44.6 Å². The average molecular weight is 151 g/mol. The summed E-state index contributed by atoms with van der Waals surface area (Å²) in [6.45, 7) is 0. The van der Waals surface area contributed by atoms with Gasteiger partial charge in [0.1, 0.15) is 0 Å². The van der Waals surface area contributed by atoms with E-state index in [1.165, 1.54) is 25.7 Å². The largest absolute Gasteiger partial charge is 0.327 e. The van der Waals surface area contributed by atoms with Gasteiger partial charge in [0.25, 0.3) is 0 Å². The zero-order valence-electron chi connectivity index (χ0n) is 7.05. The first kappa shape index (κ1) is 8.62. The third-order valence-corrected chi connectivity index (χ3v) is 2.34. The van der Waals surface area contributed by atoms with Gasteiger partial charge in [-0.3, -0.25) is 0 Å². The summed E-state index contributed by atoms with van der Waals surface area (Å²) < 4.78 is 0. The quantitative estimate of drug-likeness (QED) is 0.471. The summed E-state index contributed by atoms with van der Waals surface area (Å²) in [6.07, 6.45) is 12.3. The molecule has 1 unspecified atom stereocenters. The van der Waals surface area contributed by atoms with Crippen LogP contribution in [0.15, 0.2) is 0 Å². The van der Waals surface area contributed by atoms with Crippen LogP contribution in [0.3, 0.4) is 0 Å². The van der Waals surface area contributed by atoms with Gasteiger partial charge in [0.2, 0.25) is 0 Å². The molecule has 1 heteroatoms. The van der Waals surface area contributed by atoms with Crippen LogP contribution in [0.5, 0.6) is 0 Å². The Labute approximate surface area is 69.4 Å². The summed E-state index contributed by atoms with van der Waals surface area (Å²) in [4.78, 5) is 0. The van der Waals surface area contributed by atoms with Gasteiger partial charge in [-0.25, -0.2) is 0 Å². The molecule has 0 spiro atoms. The van der Waals surface area contributed by atoms with Crippen molar-refractivity contribution in [2.24, 2.45) is 11.7 Å². The molecule has 62 valence electrons. The molecule has 2 N–H and O–H groups in total. The molecule has 1 atom stereocenters. The Morgan fingerprint density at radius 1 is 1.45 bits per heavy atom. The van der Waals surface area contributed by atoms with E-state index in [0.29, 0.717) is 6.04 Å². The Morgan fingerprint density at radius 3 is 2.73 bits per heavy atom. The van der Waals surface area contributed by atoms with E-state index in [0.717, 1.165) is 18.8 Å². The Hall–Kier alpha value is -0.480.